The molecule has 27 heavy (non-hydrogen) atoms. The van der Waals surface area contributed by atoms with E-state index in [0.717, 1.165) is 11.3 Å². The number of amides is 1. The molecule has 3 aromatic rings. The van der Waals surface area contributed by atoms with Crippen LogP contribution >= 0.6 is 0 Å². The molecule has 2 aromatic carbocycles. The van der Waals surface area contributed by atoms with Gasteiger partial charge < -0.3 is 15.8 Å². The van der Waals surface area contributed by atoms with Gasteiger partial charge in [0, 0.05) is 11.4 Å². The molecule has 0 bridgehead atoms. The summed E-state index contributed by atoms with van der Waals surface area (Å²) in [4.78, 5) is 16.6. The number of benzene rings is 2. The number of carbonyl (C=O) groups is 1. The highest BCUT2D eigenvalue weighted by molar-refractivity contribution is 6.07. The molecule has 0 aliphatic carbocycles. The first-order valence-electron chi connectivity index (χ1n) is 8.29. The van der Waals surface area contributed by atoms with Gasteiger partial charge in [-0.15, -0.1) is 0 Å². The van der Waals surface area contributed by atoms with Crippen LogP contribution < -0.4 is 15.8 Å². The summed E-state index contributed by atoms with van der Waals surface area (Å²) in [5.74, 6) is 1.04. The average molecular weight is 358 g/mol. The number of hydrogen-bond acceptors (Lipinski definition) is 5. The average Bonchev–Trinajstić information content (AvgIpc) is 2.66. The molecular weight excluding hydrogens is 340 g/mol. The summed E-state index contributed by atoms with van der Waals surface area (Å²) in [5.41, 5.74) is 9.03. The lowest BCUT2D eigenvalue weighted by atomic mass is 10.1. The van der Waals surface area contributed by atoms with E-state index in [-0.39, 0.29) is 11.7 Å². The van der Waals surface area contributed by atoms with Gasteiger partial charge in [-0.25, -0.2) is 4.98 Å². The van der Waals surface area contributed by atoms with Crippen LogP contribution in [0.5, 0.6) is 11.5 Å². The number of anilines is 2. The van der Waals surface area contributed by atoms with Gasteiger partial charge in [-0.1, -0.05) is 6.07 Å². The van der Waals surface area contributed by atoms with Crippen LogP contribution in [0.4, 0.5) is 11.5 Å². The number of nitrogens with one attached hydrogen (secondary N) is 1. The van der Waals surface area contributed by atoms with E-state index in [1.54, 1.807) is 54.6 Å². The molecule has 0 spiro atoms. The topological polar surface area (TPSA) is 101 Å². The standard InChI is InChI=1S/C21H18N4O2/c1-13-10-19(20(23)24-14(13)2)21(26)25-16-6-8-17(9-7-16)27-18-5-3-4-15(11-18)12-22/h3-11H,1-2H3,(H2,23,24)(H,25,26). The zero-order valence-corrected chi connectivity index (χ0v) is 15.0. The van der Waals surface area contributed by atoms with Gasteiger partial charge in [0.1, 0.15) is 17.3 Å². The Bertz CT molecular complexity index is 1040. The Hall–Kier alpha value is -3.85. The Balaban J connectivity index is 1.71. The molecule has 3 N–H and O–H groups in total. The van der Waals surface area contributed by atoms with Crippen LogP contribution in [0.15, 0.2) is 54.6 Å². The van der Waals surface area contributed by atoms with Crippen molar-refractivity contribution in [2.24, 2.45) is 0 Å². The lowest BCUT2D eigenvalue weighted by Gasteiger charge is -2.10. The highest BCUT2D eigenvalue weighted by atomic mass is 16.5. The summed E-state index contributed by atoms with van der Waals surface area (Å²) in [6, 6.07) is 17.6. The molecule has 0 fully saturated rings. The van der Waals surface area contributed by atoms with Gasteiger partial charge in [0.05, 0.1) is 17.2 Å². The van der Waals surface area contributed by atoms with Crippen LogP contribution in [0.3, 0.4) is 0 Å². The number of pyridine rings is 1. The van der Waals surface area contributed by atoms with Crippen molar-refractivity contribution in [1.82, 2.24) is 4.98 Å². The molecule has 0 atom stereocenters. The summed E-state index contributed by atoms with van der Waals surface area (Å²) < 4.78 is 5.72. The minimum Gasteiger partial charge on any atom is -0.457 e. The number of aromatic nitrogens is 1. The fourth-order valence-electron chi connectivity index (χ4n) is 2.48. The first-order valence-corrected chi connectivity index (χ1v) is 8.29. The number of hydrogen-bond donors (Lipinski definition) is 2. The van der Waals surface area contributed by atoms with E-state index in [4.69, 9.17) is 15.7 Å². The van der Waals surface area contributed by atoms with Crippen molar-refractivity contribution in [2.45, 2.75) is 13.8 Å². The lowest BCUT2D eigenvalue weighted by Crippen LogP contribution is -2.15. The minimum atomic E-state index is -0.321. The lowest BCUT2D eigenvalue weighted by molar-refractivity contribution is 0.102. The van der Waals surface area contributed by atoms with Crippen LogP contribution in [0.2, 0.25) is 0 Å². The van der Waals surface area contributed by atoms with Crippen molar-refractivity contribution < 1.29 is 9.53 Å². The molecule has 6 heteroatoms. The number of nitrogen functional groups attached to an aromatic ring is 1. The van der Waals surface area contributed by atoms with Crippen LogP contribution in [0.1, 0.15) is 27.2 Å². The van der Waals surface area contributed by atoms with Crippen LogP contribution in [-0.2, 0) is 0 Å². The third-order valence-corrected chi connectivity index (χ3v) is 4.05. The van der Waals surface area contributed by atoms with Crippen molar-refractivity contribution in [1.29, 1.82) is 5.26 Å². The summed E-state index contributed by atoms with van der Waals surface area (Å²) >= 11 is 0. The SMILES string of the molecule is Cc1cc(C(=O)Nc2ccc(Oc3cccc(C#N)c3)cc2)c(N)nc1C. The van der Waals surface area contributed by atoms with Gasteiger partial charge in [-0.2, -0.15) is 5.26 Å². The number of nitriles is 1. The number of nitrogens with two attached hydrogens (primary N) is 1. The van der Waals surface area contributed by atoms with E-state index in [9.17, 15) is 4.79 Å². The number of ether oxygens (including phenoxy) is 1. The molecule has 1 heterocycles. The summed E-state index contributed by atoms with van der Waals surface area (Å²) in [6.07, 6.45) is 0. The van der Waals surface area contributed by atoms with E-state index >= 15 is 0 Å². The molecule has 0 saturated carbocycles. The van der Waals surface area contributed by atoms with E-state index in [1.807, 2.05) is 13.8 Å². The van der Waals surface area contributed by atoms with Crippen molar-refractivity contribution in [3.05, 3.63) is 77.0 Å². The predicted molar refractivity (Wildman–Crippen MR) is 104 cm³/mol. The monoisotopic (exact) mass is 358 g/mol. The Labute approximate surface area is 157 Å². The van der Waals surface area contributed by atoms with E-state index in [2.05, 4.69) is 16.4 Å². The fraction of sp³-hybridized carbons (Fsp3) is 0.0952. The molecule has 0 aliphatic heterocycles. The van der Waals surface area contributed by atoms with Gasteiger partial charge in [0.2, 0.25) is 0 Å². The van der Waals surface area contributed by atoms with Gasteiger partial charge in [-0.05, 0) is 67.9 Å². The number of aryl methyl sites for hydroxylation is 2. The molecule has 0 aliphatic rings. The largest absolute Gasteiger partial charge is 0.457 e. The highest BCUT2D eigenvalue weighted by Crippen LogP contribution is 2.24. The summed E-state index contributed by atoms with van der Waals surface area (Å²) in [7, 11) is 0. The second kappa shape index (κ2) is 7.58. The van der Waals surface area contributed by atoms with Crippen LogP contribution in [-0.4, -0.2) is 10.9 Å². The zero-order valence-electron chi connectivity index (χ0n) is 15.0. The third-order valence-electron chi connectivity index (χ3n) is 4.05. The van der Waals surface area contributed by atoms with E-state index in [0.29, 0.717) is 28.3 Å². The molecule has 1 amide bonds. The first kappa shape index (κ1) is 18.0. The van der Waals surface area contributed by atoms with Gasteiger partial charge in [0.15, 0.2) is 0 Å². The molecular formula is C21H18N4O2. The summed E-state index contributed by atoms with van der Waals surface area (Å²) in [6.45, 7) is 3.73. The highest BCUT2D eigenvalue weighted by Gasteiger charge is 2.13. The molecule has 1 aromatic heterocycles. The number of carbonyl (C=O) groups excluding carboxylic acids is 1. The third kappa shape index (κ3) is 4.22. The second-order valence-corrected chi connectivity index (χ2v) is 6.04. The fourth-order valence-corrected chi connectivity index (χ4v) is 2.48. The van der Waals surface area contributed by atoms with Crippen LogP contribution in [0, 0.1) is 25.2 Å². The zero-order chi connectivity index (χ0) is 19.4. The minimum absolute atomic E-state index is 0.202. The Morgan fingerprint density at radius 3 is 2.56 bits per heavy atom. The Morgan fingerprint density at radius 1 is 1.11 bits per heavy atom. The van der Waals surface area contributed by atoms with Gasteiger partial charge in [0.25, 0.3) is 5.91 Å². The predicted octanol–water partition coefficient (Wildman–Crippen LogP) is 4.20. The quantitative estimate of drug-likeness (QED) is 0.728. The van der Waals surface area contributed by atoms with Crippen molar-refractivity contribution in [2.75, 3.05) is 11.1 Å². The maximum Gasteiger partial charge on any atom is 0.259 e. The van der Waals surface area contributed by atoms with Gasteiger partial charge in [-0.3, -0.25) is 4.79 Å². The normalized spacial score (nSPS) is 10.1. The molecule has 0 radical (unpaired) electrons. The maximum absolute atomic E-state index is 12.5. The second-order valence-electron chi connectivity index (χ2n) is 6.04. The Morgan fingerprint density at radius 2 is 1.85 bits per heavy atom. The smallest absolute Gasteiger partial charge is 0.259 e. The Kier molecular flexibility index (Phi) is 5.04. The molecule has 6 nitrogen and oxygen atoms in total. The molecule has 134 valence electrons. The van der Waals surface area contributed by atoms with Crippen molar-refractivity contribution in [3.8, 4) is 17.6 Å². The van der Waals surface area contributed by atoms with Crippen molar-refractivity contribution in [3.63, 3.8) is 0 Å². The summed E-state index contributed by atoms with van der Waals surface area (Å²) in [5, 5.41) is 11.7. The first-order chi connectivity index (χ1) is 13.0. The van der Waals surface area contributed by atoms with Crippen LogP contribution in [0.25, 0.3) is 0 Å². The number of rotatable bonds is 4. The number of nitrogens with zero attached hydrogens (tertiary/aromatic N) is 2. The van der Waals surface area contributed by atoms with E-state index < -0.39 is 0 Å². The molecule has 3 rings (SSSR count). The molecule has 0 saturated heterocycles. The van der Waals surface area contributed by atoms with Crippen molar-refractivity contribution >= 4 is 17.4 Å². The van der Waals surface area contributed by atoms with E-state index in [1.165, 1.54) is 0 Å². The molecule has 0 unspecified atom stereocenters. The van der Waals surface area contributed by atoms with Gasteiger partial charge >= 0.3 is 0 Å². The maximum atomic E-state index is 12.5.